The monoisotopic (exact) mass is 311 g/mol. The van der Waals surface area contributed by atoms with Crippen molar-refractivity contribution in [3.63, 3.8) is 0 Å². The average molecular weight is 311 g/mol. The molecule has 0 unspecified atom stereocenters. The van der Waals surface area contributed by atoms with Gasteiger partial charge >= 0.3 is 88.4 Å². The molecule has 0 saturated carbocycles. The second kappa shape index (κ2) is 6.07. The molecule has 0 saturated heterocycles. The van der Waals surface area contributed by atoms with Gasteiger partial charge in [-0.15, -0.1) is 0 Å². The van der Waals surface area contributed by atoms with E-state index in [1.54, 1.807) is 0 Å². The first-order valence-corrected chi connectivity index (χ1v) is 2.75. The molecule has 0 fully saturated rings. The Morgan fingerprint density at radius 1 is 1.14 bits per heavy atom. The van der Waals surface area contributed by atoms with Gasteiger partial charge in [0.05, 0.1) is 0 Å². The second-order valence-corrected chi connectivity index (χ2v) is 1.68. The zero-order valence-electron chi connectivity index (χ0n) is 2.92. The van der Waals surface area contributed by atoms with Crippen LogP contribution in [0.4, 0.5) is 0 Å². The van der Waals surface area contributed by atoms with E-state index < -0.39 is 13.6 Å². The standard InChI is InChI=1S/Ce.Cr.Mn.4O/q+3;;+2;;;2*-1. The molecule has 0 bridgehead atoms. The van der Waals surface area contributed by atoms with Crippen molar-refractivity contribution in [1.82, 2.24) is 0 Å². The molecule has 2 radical (unpaired) electrons. The molecule has 0 heterocycles. The predicted molar refractivity (Wildman–Crippen MR) is 1.37 cm³/mol. The second-order valence-electron chi connectivity index (χ2n) is 0.408. The first-order chi connectivity index (χ1) is 2.00. The molecule has 4 nitrogen and oxygen atoms in total. The van der Waals surface area contributed by atoms with Gasteiger partial charge in [0, 0.05) is 0 Å². The zero-order chi connectivity index (χ0) is 4.50. The number of hydrogen-bond acceptors (Lipinski definition) is 4. The van der Waals surface area contributed by atoms with Crippen LogP contribution < -0.4 is 8.32 Å². The quantitative estimate of drug-likeness (QED) is 0.459. The summed E-state index contributed by atoms with van der Waals surface area (Å²) in [6, 6.07) is 0. The normalized spacial score (nSPS) is 8.29. The summed E-state index contributed by atoms with van der Waals surface area (Å²) >= 11 is -5.75. The molecule has 7 heteroatoms. The van der Waals surface area contributed by atoms with E-state index in [0.29, 0.717) is 0 Å². The summed E-state index contributed by atoms with van der Waals surface area (Å²) in [6.07, 6.45) is 0. The van der Waals surface area contributed by atoms with Crippen LogP contribution in [0, 0.1) is 41.7 Å². The van der Waals surface area contributed by atoms with E-state index in [2.05, 4.69) is 0 Å². The molecule has 0 aliphatic heterocycles. The Kier molecular flexibility index (Phi) is 13.9. The van der Waals surface area contributed by atoms with Crippen molar-refractivity contribution < 1.29 is 88.4 Å². The van der Waals surface area contributed by atoms with Gasteiger partial charge in [0.15, 0.2) is 0 Å². The molecule has 0 spiro atoms. The maximum absolute atomic E-state index is 8.59. The third-order valence-electron chi connectivity index (χ3n) is 0. The molecule has 0 aromatic rings. The molecule has 0 aliphatic rings. The van der Waals surface area contributed by atoms with E-state index in [1.807, 2.05) is 0 Å². The minimum absolute atomic E-state index is 0. The zero-order valence-corrected chi connectivity index (χ0v) is 8.51. The van der Waals surface area contributed by atoms with Crippen molar-refractivity contribution in [3.05, 3.63) is 0 Å². The van der Waals surface area contributed by atoms with E-state index in [0.717, 1.165) is 0 Å². The van der Waals surface area contributed by atoms with Crippen LogP contribution in [-0.2, 0) is 38.3 Å². The molecule has 0 N–H and O–H groups in total. The van der Waals surface area contributed by atoms with Crippen molar-refractivity contribution in [2.45, 2.75) is 0 Å². The van der Waals surface area contributed by atoms with Crippen molar-refractivity contribution in [3.8, 4) is 0 Å². The summed E-state index contributed by atoms with van der Waals surface area (Å²) in [5.41, 5.74) is 0. The van der Waals surface area contributed by atoms with Gasteiger partial charge in [0.2, 0.25) is 0 Å². The van der Waals surface area contributed by atoms with Crippen LogP contribution in [-0.4, -0.2) is 0 Å². The molecule has 0 amide bonds. The summed E-state index contributed by atoms with van der Waals surface area (Å²) in [4.78, 5) is 0. The van der Waals surface area contributed by atoms with Gasteiger partial charge in [-0.1, -0.05) is 0 Å². The fraction of sp³-hybridized carbons (Fsp3) is 0. The van der Waals surface area contributed by atoms with Gasteiger partial charge < -0.3 is 0 Å². The summed E-state index contributed by atoms with van der Waals surface area (Å²) in [5.74, 6) is 0. The minimum atomic E-state index is -5.75. The Morgan fingerprint density at radius 2 is 1.14 bits per heavy atom. The van der Waals surface area contributed by atoms with Gasteiger partial charge in [0.1, 0.15) is 0 Å². The Hall–Kier alpha value is 1.95. The molecular formula is CeCrMnO4+3. The molecule has 38 valence electrons. The van der Waals surface area contributed by atoms with Gasteiger partial charge in [-0.25, -0.2) is 0 Å². The molecule has 0 atom stereocenters. The van der Waals surface area contributed by atoms with Crippen molar-refractivity contribution in [2.24, 2.45) is 0 Å². The third kappa shape index (κ3) is 74.1. The van der Waals surface area contributed by atoms with E-state index in [4.69, 9.17) is 15.9 Å². The number of hydrogen-bond donors (Lipinski definition) is 0. The number of rotatable bonds is 0. The van der Waals surface area contributed by atoms with Crippen LogP contribution in [0.25, 0.3) is 0 Å². The van der Waals surface area contributed by atoms with E-state index in [-0.39, 0.29) is 58.8 Å². The van der Waals surface area contributed by atoms with Crippen LogP contribution in [0.15, 0.2) is 0 Å². The van der Waals surface area contributed by atoms with Crippen molar-refractivity contribution >= 4 is 0 Å². The Labute approximate surface area is 86.9 Å². The van der Waals surface area contributed by atoms with Crippen LogP contribution in [0.5, 0.6) is 0 Å². The molecule has 0 aromatic heterocycles. The summed E-state index contributed by atoms with van der Waals surface area (Å²) < 4.78 is 34.4. The average Bonchev–Trinajstić information content (AvgIpc) is 0.722. The Bertz CT molecular complexity index is 94.9. The van der Waals surface area contributed by atoms with E-state index in [1.165, 1.54) is 0 Å². The fourth-order valence-corrected chi connectivity index (χ4v) is 0. The fourth-order valence-electron chi connectivity index (χ4n) is 0. The summed E-state index contributed by atoms with van der Waals surface area (Å²) in [7, 11) is 0. The van der Waals surface area contributed by atoms with Crippen LogP contribution >= 0.6 is 0 Å². The Morgan fingerprint density at radius 3 is 1.14 bits per heavy atom. The van der Waals surface area contributed by atoms with E-state index >= 15 is 0 Å². The molecular weight excluding hydrogens is 311 g/mol. The maximum atomic E-state index is 8.59. The van der Waals surface area contributed by atoms with Crippen LogP contribution in [0.2, 0.25) is 0 Å². The van der Waals surface area contributed by atoms with Gasteiger partial charge in [-0.05, 0) is 0 Å². The SMILES string of the molecule is [Ce+3].[Mn+2].[O]=[Cr](=[O])([O-])[O-]. The van der Waals surface area contributed by atoms with Gasteiger partial charge in [-0.3, -0.25) is 0 Å². The van der Waals surface area contributed by atoms with Crippen molar-refractivity contribution in [1.29, 1.82) is 0 Å². The predicted octanol–water partition coefficient (Wildman–Crippen LogP) is -2.62. The molecule has 7 heavy (non-hydrogen) atoms. The van der Waals surface area contributed by atoms with Crippen LogP contribution in [0.3, 0.4) is 0 Å². The topological polar surface area (TPSA) is 80.3 Å². The van der Waals surface area contributed by atoms with Gasteiger partial charge in [-0.2, -0.15) is 0 Å². The third-order valence-corrected chi connectivity index (χ3v) is 0. The first-order valence-electron chi connectivity index (χ1n) is 0.667. The van der Waals surface area contributed by atoms with Gasteiger partial charge in [0.25, 0.3) is 0 Å². The molecule has 0 aromatic carbocycles. The molecule has 0 aliphatic carbocycles. The molecule has 0 rings (SSSR count). The van der Waals surface area contributed by atoms with Crippen LogP contribution in [0.1, 0.15) is 0 Å². The first kappa shape index (κ1) is 16.0. The Balaban J connectivity index is -0.0000000800. The summed E-state index contributed by atoms with van der Waals surface area (Å²) in [5, 5.41) is 0. The van der Waals surface area contributed by atoms with E-state index in [9.17, 15) is 0 Å². The van der Waals surface area contributed by atoms with Crippen molar-refractivity contribution in [2.75, 3.05) is 0 Å². The summed E-state index contributed by atoms with van der Waals surface area (Å²) in [6.45, 7) is 0.